The van der Waals surface area contributed by atoms with Crippen LogP contribution in [0.4, 0.5) is 24.1 Å². The van der Waals surface area contributed by atoms with E-state index >= 15 is 0 Å². The van der Waals surface area contributed by atoms with E-state index in [9.17, 15) is 18.3 Å². The van der Waals surface area contributed by atoms with Crippen molar-refractivity contribution in [3.8, 4) is 0 Å². The maximum atomic E-state index is 12.7. The first-order valence-electron chi connectivity index (χ1n) is 9.26. The van der Waals surface area contributed by atoms with Gasteiger partial charge in [-0.15, -0.1) is 0 Å². The Morgan fingerprint density at radius 3 is 2.47 bits per heavy atom. The number of aromatic nitrogens is 3. The zero-order valence-corrected chi connectivity index (χ0v) is 18.0. The van der Waals surface area contributed by atoms with Gasteiger partial charge in [-0.25, -0.2) is 15.0 Å². The molecule has 2 aromatic heterocycles. The van der Waals surface area contributed by atoms with Gasteiger partial charge in [0, 0.05) is 5.75 Å². The number of halogens is 3. The van der Waals surface area contributed by atoms with Crippen LogP contribution in [0.5, 0.6) is 0 Å². The summed E-state index contributed by atoms with van der Waals surface area (Å²) in [6.07, 6.45) is -3.60. The van der Waals surface area contributed by atoms with Crippen LogP contribution in [-0.2, 0) is 11.9 Å². The van der Waals surface area contributed by atoms with Crippen LogP contribution in [0.25, 0.3) is 10.3 Å². The Morgan fingerprint density at radius 1 is 1.17 bits per heavy atom. The Labute approximate surface area is 180 Å². The molecule has 0 bridgehead atoms. The molecule has 0 aliphatic heterocycles. The normalized spacial score (nSPS) is 13.2. The highest BCUT2D eigenvalue weighted by molar-refractivity contribution is 7.98. The third kappa shape index (κ3) is 5.73. The van der Waals surface area contributed by atoms with E-state index in [4.69, 9.17) is 5.73 Å². The van der Waals surface area contributed by atoms with Crippen LogP contribution >= 0.6 is 23.1 Å². The minimum absolute atomic E-state index is 0.0496. The van der Waals surface area contributed by atoms with Crippen molar-refractivity contribution >= 4 is 44.4 Å². The van der Waals surface area contributed by atoms with Gasteiger partial charge in [0.2, 0.25) is 0 Å². The quantitative estimate of drug-likeness (QED) is 0.330. The minimum Gasteiger partial charge on any atom is -0.394 e. The number of nitrogens with one attached hydrogen (secondary N) is 1. The molecule has 11 heteroatoms. The fraction of sp³-hybridized carbons (Fsp3) is 0.421. The molecule has 0 spiro atoms. The molecule has 0 saturated carbocycles. The number of nitrogens with zero attached hydrogens (tertiary/aromatic N) is 3. The number of thiazole rings is 1. The van der Waals surface area contributed by atoms with Gasteiger partial charge in [-0.2, -0.15) is 13.2 Å². The molecule has 3 rings (SSSR count). The summed E-state index contributed by atoms with van der Waals surface area (Å²) in [6.45, 7) is 4.08. The molecule has 1 atom stereocenters. The summed E-state index contributed by atoms with van der Waals surface area (Å²) in [6, 6.07) is 4.83. The number of anilines is 2. The number of hydrogen-bond donors (Lipinski definition) is 3. The summed E-state index contributed by atoms with van der Waals surface area (Å²) < 4.78 is 38.8. The third-order valence-corrected chi connectivity index (χ3v) is 6.02. The van der Waals surface area contributed by atoms with Gasteiger partial charge in [0.15, 0.2) is 21.8 Å². The molecule has 0 fully saturated rings. The topological polar surface area (TPSA) is 97.0 Å². The smallest absolute Gasteiger partial charge is 0.394 e. The molecule has 162 valence electrons. The zero-order chi connectivity index (χ0) is 21.9. The number of rotatable bonds is 8. The molecule has 0 aliphatic rings. The van der Waals surface area contributed by atoms with Crippen LogP contribution in [0, 0.1) is 5.92 Å². The largest absolute Gasteiger partial charge is 0.416 e. The molecular formula is C19H22F3N5OS2. The Balaban J connectivity index is 1.80. The van der Waals surface area contributed by atoms with Gasteiger partial charge < -0.3 is 16.2 Å². The summed E-state index contributed by atoms with van der Waals surface area (Å²) >= 11 is 2.55. The molecule has 1 aromatic carbocycles. The average Bonchev–Trinajstić information content (AvgIpc) is 3.05. The molecule has 4 N–H and O–H groups in total. The van der Waals surface area contributed by atoms with E-state index in [1.807, 2.05) is 0 Å². The van der Waals surface area contributed by atoms with Gasteiger partial charge in [0.05, 0.1) is 18.2 Å². The number of nitrogens with two attached hydrogens (primary N) is 1. The van der Waals surface area contributed by atoms with Crippen LogP contribution in [0.2, 0.25) is 0 Å². The van der Waals surface area contributed by atoms with E-state index < -0.39 is 11.7 Å². The number of aliphatic hydroxyl groups is 1. The molecule has 30 heavy (non-hydrogen) atoms. The number of hydrogen-bond acceptors (Lipinski definition) is 8. The lowest BCUT2D eigenvalue weighted by Gasteiger charge is -2.19. The fourth-order valence-electron chi connectivity index (χ4n) is 2.86. The monoisotopic (exact) mass is 457 g/mol. The van der Waals surface area contributed by atoms with Gasteiger partial charge in [-0.1, -0.05) is 49.1 Å². The van der Waals surface area contributed by atoms with Crippen molar-refractivity contribution in [3.63, 3.8) is 0 Å². The van der Waals surface area contributed by atoms with Crippen molar-refractivity contribution < 1.29 is 18.3 Å². The standard InChI is InChI=1S/C19H22F3N5OS2/c1-10(2)7-13(8-28)24-15-14-16(25-17(23)30-14)27-18(26-15)29-9-11-3-5-12(6-4-11)19(20,21)22/h3-6,10,13,28H,7-9H2,1-2H3,(H3,23,24,25,26,27)/t13-/m1/s1. The maximum absolute atomic E-state index is 12.7. The SMILES string of the molecule is CC(C)C[C@H](CO)Nc1nc(SCc2ccc(C(F)(F)F)cc2)nc2nc(N)sc12. The third-order valence-electron chi connectivity index (χ3n) is 4.22. The summed E-state index contributed by atoms with van der Waals surface area (Å²) in [7, 11) is 0. The maximum Gasteiger partial charge on any atom is 0.416 e. The van der Waals surface area contributed by atoms with Crippen LogP contribution in [-0.4, -0.2) is 32.7 Å². The second kappa shape index (κ2) is 9.36. The van der Waals surface area contributed by atoms with Crippen molar-refractivity contribution in [2.45, 2.75) is 43.4 Å². The van der Waals surface area contributed by atoms with Crippen LogP contribution in [0.3, 0.4) is 0 Å². The van der Waals surface area contributed by atoms with Crippen molar-refractivity contribution in [2.75, 3.05) is 17.7 Å². The molecule has 0 amide bonds. The predicted molar refractivity (Wildman–Crippen MR) is 115 cm³/mol. The summed E-state index contributed by atoms with van der Waals surface area (Å²) in [4.78, 5) is 13.2. The summed E-state index contributed by atoms with van der Waals surface area (Å²) in [5.74, 6) is 1.33. The number of alkyl halides is 3. The number of thioether (sulfide) groups is 1. The lowest BCUT2D eigenvalue weighted by molar-refractivity contribution is -0.137. The van der Waals surface area contributed by atoms with Crippen LogP contribution in [0.1, 0.15) is 31.4 Å². The summed E-state index contributed by atoms with van der Waals surface area (Å²) in [5, 5.41) is 13.7. The van der Waals surface area contributed by atoms with Crippen LogP contribution < -0.4 is 11.1 Å². The first-order chi connectivity index (χ1) is 14.2. The van der Waals surface area contributed by atoms with Crippen molar-refractivity contribution in [1.82, 2.24) is 15.0 Å². The lowest BCUT2D eigenvalue weighted by Crippen LogP contribution is -2.26. The van der Waals surface area contributed by atoms with Gasteiger partial charge in [-0.05, 0) is 30.0 Å². The number of nitrogen functional groups attached to an aromatic ring is 1. The second-order valence-electron chi connectivity index (χ2n) is 7.20. The molecule has 2 heterocycles. The Kier molecular flexibility index (Phi) is 7.04. The molecule has 0 aliphatic carbocycles. The molecule has 0 unspecified atom stereocenters. The Hall–Kier alpha value is -2.11. The van der Waals surface area contributed by atoms with Gasteiger partial charge >= 0.3 is 6.18 Å². The lowest BCUT2D eigenvalue weighted by atomic mass is 10.0. The highest BCUT2D eigenvalue weighted by Crippen LogP contribution is 2.33. The van der Waals surface area contributed by atoms with Gasteiger partial charge in [-0.3, -0.25) is 0 Å². The van der Waals surface area contributed by atoms with Gasteiger partial charge in [0.25, 0.3) is 0 Å². The fourth-order valence-corrected chi connectivity index (χ4v) is 4.38. The Morgan fingerprint density at radius 2 is 1.87 bits per heavy atom. The molecular weight excluding hydrogens is 435 g/mol. The molecule has 0 saturated heterocycles. The van der Waals surface area contributed by atoms with E-state index in [-0.39, 0.29) is 12.6 Å². The van der Waals surface area contributed by atoms with E-state index in [0.29, 0.717) is 38.1 Å². The first kappa shape index (κ1) is 22.6. The molecule has 0 radical (unpaired) electrons. The number of aliphatic hydroxyl groups excluding tert-OH is 1. The first-order valence-corrected chi connectivity index (χ1v) is 11.1. The zero-order valence-electron chi connectivity index (χ0n) is 16.4. The van der Waals surface area contributed by atoms with Crippen molar-refractivity contribution in [2.24, 2.45) is 5.92 Å². The van der Waals surface area contributed by atoms with Crippen LogP contribution in [0.15, 0.2) is 29.4 Å². The highest BCUT2D eigenvalue weighted by Gasteiger charge is 2.29. The van der Waals surface area contributed by atoms with E-state index in [2.05, 4.69) is 34.1 Å². The molecule has 3 aromatic rings. The highest BCUT2D eigenvalue weighted by atomic mass is 32.2. The van der Waals surface area contributed by atoms with Crippen molar-refractivity contribution in [3.05, 3.63) is 35.4 Å². The Bertz CT molecular complexity index is 992. The number of fused-ring (bicyclic) bond motifs is 1. The predicted octanol–water partition coefficient (Wildman–Crippen LogP) is 4.80. The average molecular weight is 458 g/mol. The minimum atomic E-state index is -4.36. The summed E-state index contributed by atoms with van der Waals surface area (Å²) in [5.41, 5.74) is 6.32. The molecule has 6 nitrogen and oxygen atoms in total. The van der Waals surface area contributed by atoms with E-state index in [0.717, 1.165) is 24.1 Å². The van der Waals surface area contributed by atoms with Gasteiger partial charge in [0.1, 0.15) is 4.70 Å². The van der Waals surface area contributed by atoms with E-state index in [1.54, 1.807) is 0 Å². The van der Waals surface area contributed by atoms with E-state index in [1.165, 1.54) is 35.2 Å². The number of benzene rings is 1. The van der Waals surface area contributed by atoms with Crippen molar-refractivity contribution in [1.29, 1.82) is 0 Å². The second-order valence-corrected chi connectivity index (χ2v) is 9.17.